The number of rotatable bonds is 8. The van der Waals surface area contributed by atoms with Crippen LogP contribution >= 0.6 is 0 Å². The number of hydrogen-bond acceptors (Lipinski definition) is 8. The van der Waals surface area contributed by atoms with Gasteiger partial charge in [-0.15, -0.1) is 0 Å². The van der Waals surface area contributed by atoms with Crippen LogP contribution < -0.4 is 15.8 Å². The van der Waals surface area contributed by atoms with Crippen LogP contribution in [0.1, 0.15) is 35.5 Å². The maximum atomic E-state index is 12.5. The lowest BCUT2D eigenvalue weighted by Gasteiger charge is -2.20. The third-order valence-electron chi connectivity index (χ3n) is 5.27. The Hall–Kier alpha value is -4.50. The minimum atomic E-state index is -1.24. The van der Waals surface area contributed by atoms with Crippen LogP contribution in [0.3, 0.4) is 0 Å². The lowest BCUT2D eigenvalue weighted by atomic mass is 10.1. The normalized spacial score (nSPS) is 12.6. The van der Waals surface area contributed by atoms with E-state index in [0.717, 1.165) is 24.3 Å². The highest BCUT2D eigenvalue weighted by atomic mass is 16.4. The number of fused-ring (bicyclic) bond motifs is 1. The Morgan fingerprint density at radius 2 is 1.97 bits per heavy atom. The Kier molecular flexibility index (Phi) is 7.73. The van der Waals surface area contributed by atoms with Gasteiger partial charge in [0.1, 0.15) is 11.3 Å². The number of nitrogens with one attached hydrogen (secondary N) is 1. The molecule has 9 nitrogen and oxygen atoms in total. The summed E-state index contributed by atoms with van der Waals surface area (Å²) in [6.07, 6.45) is 2.68. The average molecular weight is 457 g/mol. The molecule has 172 valence electrons. The first-order valence-electron chi connectivity index (χ1n) is 10.8. The summed E-state index contributed by atoms with van der Waals surface area (Å²) in [6, 6.07) is 11.8. The molecular formula is C25H24N6O3. The third kappa shape index (κ3) is 5.45. The molecule has 2 heterocycles. The maximum Gasteiger partial charge on any atom is 0.345 e. The molecule has 0 bridgehead atoms. The predicted octanol–water partition coefficient (Wildman–Crippen LogP) is 2.98. The number of nitrogens with zero attached hydrogens (tertiary/aromatic N) is 5. The van der Waals surface area contributed by atoms with Gasteiger partial charge in [-0.2, -0.15) is 10.5 Å². The van der Waals surface area contributed by atoms with Gasteiger partial charge in [0.15, 0.2) is 12.1 Å². The second-order valence-corrected chi connectivity index (χ2v) is 7.53. The molecule has 0 saturated carbocycles. The van der Waals surface area contributed by atoms with Crippen LogP contribution in [0.2, 0.25) is 0 Å². The van der Waals surface area contributed by atoms with Crippen molar-refractivity contribution in [2.45, 2.75) is 32.9 Å². The summed E-state index contributed by atoms with van der Waals surface area (Å²) in [7, 11) is 0. The van der Waals surface area contributed by atoms with Gasteiger partial charge in [0, 0.05) is 42.6 Å². The molecule has 0 fully saturated rings. The number of aryl methyl sites for hydroxylation is 1. The molecule has 9 heteroatoms. The van der Waals surface area contributed by atoms with Crippen molar-refractivity contribution in [1.29, 1.82) is 10.5 Å². The van der Waals surface area contributed by atoms with Gasteiger partial charge in [-0.1, -0.05) is 0 Å². The molecule has 0 aliphatic heterocycles. The lowest BCUT2D eigenvalue weighted by molar-refractivity contribution is 0.0938. The van der Waals surface area contributed by atoms with Crippen molar-refractivity contribution in [3.63, 3.8) is 0 Å². The van der Waals surface area contributed by atoms with Crippen LogP contribution in [-0.4, -0.2) is 42.3 Å². The first-order chi connectivity index (χ1) is 16.4. The Balaban J connectivity index is 1.83. The molecule has 0 radical (unpaired) electrons. The second kappa shape index (κ2) is 10.9. The van der Waals surface area contributed by atoms with Crippen molar-refractivity contribution in [2.75, 3.05) is 18.0 Å². The zero-order valence-electron chi connectivity index (χ0n) is 19.1. The van der Waals surface area contributed by atoms with Crippen molar-refractivity contribution in [1.82, 2.24) is 10.3 Å². The van der Waals surface area contributed by atoms with E-state index in [2.05, 4.69) is 20.2 Å². The van der Waals surface area contributed by atoms with Crippen LogP contribution in [0.25, 0.3) is 11.0 Å². The van der Waals surface area contributed by atoms with Gasteiger partial charge < -0.3 is 14.6 Å². The standard InChI is InChI=1S/C25H24N6O3/c1-4-31(5-2)19-7-6-17-11-18(25(33)34-23(17)12-19)15-29-21(13-26)22(14-27)30-24(32)20-10-16(3)8-9-28-20/h6-12,15,21-22H,4-5H2,1-3H3,(H,30,32). The highest BCUT2D eigenvalue weighted by Crippen LogP contribution is 2.21. The van der Waals surface area contributed by atoms with Crippen molar-refractivity contribution in [3.05, 3.63) is 69.8 Å². The van der Waals surface area contributed by atoms with E-state index >= 15 is 0 Å². The van der Waals surface area contributed by atoms with Crippen molar-refractivity contribution < 1.29 is 9.21 Å². The fourth-order valence-electron chi connectivity index (χ4n) is 3.40. The molecular weight excluding hydrogens is 432 g/mol. The number of carbonyl (C=O) groups excluding carboxylic acids is 1. The van der Waals surface area contributed by atoms with Crippen LogP contribution in [0.5, 0.6) is 0 Å². The Morgan fingerprint density at radius 3 is 2.62 bits per heavy atom. The molecule has 0 aliphatic rings. The highest BCUT2D eigenvalue weighted by Gasteiger charge is 2.23. The summed E-state index contributed by atoms with van der Waals surface area (Å²) >= 11 is 0. The number of anilines is 1. The number of aliphatic imine (C=N–C) groups is 1. The van der Waals surface area contributed by atoms with E-state index < -0.39 is 23.6 Å². The number of carbonyl (C=O) groups is 1. The largest absolute Gasteiger partial charge is 0.422 e. The summed E-state index contributed by atoms with van der Waals surface area (Å²) in [5, 5.41) is 22.2. The molecule has 3 rings (SSSR count). The van der Waals surface area contributed by atoms with E-state index in [4.69, 9.17) is 4.42 Å². The number of aromatic nitrogens is 1. The van der Waals surface area contributed by atoms with Gasteiger partial charge in [0.25, 0.3) is 5.91 Å². The summed E-state index contributed by atoms with van der Waals surface area (Å²) in [6.45, 7) is 7.54. The molecule has 2 aromatic heterocycles. The van der Waals surface area contributed by atoms with E-state index in [1.165, 1.54) is 12.4 Å². The Bertz CT molecular complexity index is 1360. The number of nitriles is 2. The van der Waals surface area contributed by atoms with E-state index in [1.807, 2.05) is 51.1 Å². The highest BCUT2D eigenvalue weighted by molar-refractivity contribution is 5.93. The van der Waals surface area contributed by atoms with E-state index in [-0.39, 0.29) is 11.3 Å². The third-order valence-corrected chi connectivity index (χ3v) is 5.27. The average Bonchev–Trinajstić information content (AvgIpc) is 2.84. The summed E-state index contributed by atoms with van der Waals surface area (Å²) in [5.41, 5.74) is 1.85. The predicted molar refractivity (Wildman–Crippen MR) is 129 cm³/mol. The van der Waals surface area contributed by atoms with Crippen LogP contribution in [0, 0.1) is 29.6 Å². The van der Waals surface area contributed by atoms with Gasteiger partial charge in [0.2, 0.25) is 0 Å². The Morgan fingerprint density at radius 1 is 1.21 bits per heavy atom. The minimum Gasteiger partial charge on any atom is -0.422 e. The first kappa shape index (κ1) is 24.1. The zero-order chi connectivity index (χ0) is 24.7. The molecule has 34 heavy (non-hydrogen) atoms. The minimum absolute atomic E-state index is 0.125. The number of hydrogen-bond donors (Lipinski definition) is 1. The van der Waals surface area contributed by atoms with Crippen LogP contribution in [0.4, 0.5) is 5.69 Å². The van der Waals surface area contributed by atoms with E-state index in [9.17, 15) is 20.1 Å². The summed E-state index contributed by atoms with van der Waals surface area (Å²) < 4.78 is 5.46. The Labute approximate surface area is 197 Å². The molecule has 1 amide bonds. The smallest absolute Gasteiger partial charge is 0.345 e. The van der Waals surface area contributed by atoms with E-state index in [1.54, 1.807) is 18.2 Å². The number of pyridine rings is 1. The maximum absolute atomic E-state index is 12.5. The monoisotopic (exact) mass is 456 g/mol. The van der Waals surface area contributed by atoms with Crippen LogP contribution in [-0.2, 0) is 0 Å². The molecule has 2 unspecified atom stereocenters. The molecule has 1 N–H and O–H groups in total. The molecule has 1 aromatic carbocycles. The summed E-state index contributed by atoms with van der Waals surface area (Å²) in [4.78, 5) is 35.1. The van der Waals surface area contributed by atoms with Gasteiger partial charge in [-0.05, 0) is 56.7 Å². The van der Waals surface area contributed by atoms with Gasteiger partial charge in [-0.3, -0.25) is 14.8 Å². The first-order valence-corrected chi connectivity index (χ1v) is 10.8. The topological polar surface area (TPSA) is 135 Å². The molecule has 0 spiro atoms. The number of benzene rings is 1. The van der Waals surface area contributed by atoms with Crippen molar-refractivity contribution >= 4 is 28.8 Å². The van der Waals surface area contributed by atoms with Gasteiger partial charge in [0.05, 0.1) is 17.7 Å². The molecule has 0 saturated heterocycles. The molecule has 0 aliphatic carbocycles. The zero-order valence-corrected chi connectivity index (χ0v) is 19.1. The quantitative estimate of drug-likeness (QED) is 0.406. The fourth-order valence-corrected chi connectivity index (χ4v) is 3.40. The lowest BCUT2D eigenvalue weighted by Crippen LogP contribution is -2.41. The van der Waals surface area contributed by atoms with Crippen molar-refractivity contribution in [3.8, 4) is 12.1 Å². The van der Waals surface area contributed by atoms with Gasteiger partial charge >= 0.3 is 5.63 Å². The number of amides is 1. The fraction of sp³-hybridized carbons (Fsp3) is 0.280. The van der Waals surface area contributed by atoms with Crippen molar-refractivity contribution in [2.24, 2.45) is 4.99 Å². The second-order valence-electron chi connectivity index (χ2n) is 7.53. The molecule has 2 atom stereocenters. The van der Waals surface area contributed by atoms with Gasteiger partial charge in [-0.25, -0.2) is 4.79 Å². The van der Waals surface area contributed by atoms with Crippen LogP contribution in [0.15, 0.2) is 56.8 Å². The summed E-state index contributed by atoms with van der Waals surface area (Å²) in [5.74, 6) is -0.597. The van der Waals surface area contributed by atoms with E-state index in [0.29, 0.717) is 11.0 Å². The SMILES string of the molecule is CCN(CC)c1ccc2cc(C=NC(C#N)C(C#N)NC(=O)c3cc(C)ccn3)c(=O)oc2c1. The molecule has 3 aromatic rings.